The predicted molar refractivity (Wildman–Crippen MR) is 155 cm³/mol. The zero-order valence-corrected chi connectivity index (χ0v) is 23.2. The fourth-order valence-corrected chi connectivity index (χ4v) is 7.16. The van der Waals surface area contributed by atoms with Crippen LogP contribution in [0.4, 0.5) is 5.00 Å². The Kier molecular flexibility index (Phi) is 7.33. The molecule has 40 heavy (non-hydrogen) atoms. The van der Waals surface area contributed by atoms with Crippen molar-refractivity contribution in [2.75, 3.05) is 18.5 Å². The third-order valence-electron chi connectivity index (χ3n) is 7.79. The smallest absolute Gasteiger partial charge is 0.339 e. The summed E-state index contributed by atoms with van der Waals surface area (Å²) < 4.78 is 5.61. The summed E-state index contributed by atoms with van der Waals surface area (Å²) in [6, 6.07) is 20.1. The standard InChI is InChI=1S/C32H30N4O3S/c1-20-11-12-22-24(16-33)31(40-28(22)15-20)35-29(37)19-39-32(38)30-23-9-5-6-10-26(23)34-27-13-14-36(18-25(27)30)17-21-7-3-2-4-8-21/h2-10,20H,11-15,17-19H2,1H3,(H,35,37). The van der Waals surface area contributed by atoms with E-state index in [0.29, 0.717) is 28.6 Å². The Bertz CT molecular complexity index is 1640. The molecular weight excluding hydrogens is 520 g/mol. The molecule has 7 nitrogen and oxygen atoms in total. The van der Waals surface area contributed by atoms with Gasteiger partial charge in [0.25, 0.3) is 5.91 Å². The first-order valence-corrected chi connectivity index (χ1v) is 14.5. The lowest BCUT2D eigenvalue weighted by atomic mass is 9.89. The molecule has 1 unspecified atom stereocenters. The number of ether oxygens (including phenoxy) is 1. The first kappa shape index (κ1) is 26.2. The number of hydrogen-bond donors (Lipinski definition) is 1. The molecule has 2 aliphatic rings. The van der Waals surface area contributed by atoms with E-state index in [2.05, 4.69) is 35.3 Å². The van der Waals surface area contributed by atoms with Crippen molar-refractivity contribution >= 4 is 39.1 Å². The Hall–Kier alpha value is -4.06. The summed E-state index contributed by atoms with van der Waals surface area (Å²) in [6.45, 7) is 3.96. The van der Waals surface area contributed by atoms with Gasteiger partial charge < -0.3 is 10.1 Å². The summed E-state index contributed by atoms with van der Waals surface area (Å²) in [5.41, 5.74) is 5.78. The number of amides is 1. The van der Waals surface area contributed by atoms with Gasteiger partial charge in [0.2, 0.25) is 0 Å². The molecule has 1 aliphatic heterocycles. The summed E-state index contributed by atoms with van der Waals surface area (Å²) in [4.78, 5) is 34.8. The number of carbonyl (C=O) groups excluding carboxylic acids is 2. The molecule has 0 spiro atoms. The fourth-order valence-electron chi connectivity index (χ4n) is 5.78. The highest BCUT2D eigenvalue weighted by atomic mass is 32.1. The summed E-state index contributed by atoms with van der Waals surface area (Å²) in [5, 5.41) is 13.8. The SMILES string of the molecule is CC1CCc2c(sc(NC(=O)COC(=O)c3c4c(nc5ccccc35)CCN(Cc3ccccc3)C4)c2C#N)C1. The van der Waals surface area contributed by atoms with Gasteiger partial charge in [0.1, 0.15) is 11.1 Å². The van der Waals surface area contributed by atoms with Crippen molar-refractivity contribution in [2.24, 2.45) is 5.92 Å². The minimum absolute atomic E-state index is 0.429. The summed E-state index contributed by atoms with van der Waals surface area (Å²) >= 11 is 1.46. The van der Waals surface area contributed by atoms with E-state index in [4.69, 9.17) is 9.72 Å². The van der Waals surface area contributed by atoms with Gasteiger partial charge in [0, 0.05) is 47.6 Å². The lowest BCUT2D eigenvalue weighted by Crippen LogP contribution is -2.32. The number of anilines is 1. The third-order valence-corrected chi connectivity index (χ3v) is 8.96. The van der Waals surface area contributed by atoms with Crippen LogP contribution in [0, 0.1) is 17.2 Å². The number of para-hydroxylation sites is 1. The number of esters is 1. The van der Waals surface area contributed by atoms with Crippen LogP contribution < -0.4 is 5.32 Å². The first-order chi connectivity index (χ1) is 19.5. The van der Waals surface area contributed by atoms with Crippen LogP contribution in [-0.2, 0) is 41.9 Å². The quantitative estimate of drug-likeness (QED) is 0.312. The summed E-state index contributed by atoms with van der Waals surface area (Å²) in [6.07, 6.45) is 3.53. The number of thiophene rings is 1. The normalized spacial score (nSPS) is 16.6. The molecule has 8 heteroatoms. The van der Waals surface area contributed by atoms with Crippen molar-refractivity contribution in [3.05, 3.63) is 93.0 Å². The molecule has 0 radical (unpaired) electrons. The number of carbonyl (C=O) groups is 2. The second-order valence-corrected chi connectivity index (χ2v) is 11.8. The predicted octanol–water partition coefficient (Wildman–Crippen LogP) is 5.65. The Morgan fingerprint density at radius 3 is 2.75 bits per heavy atom. The first-order valence-electron chi connectivity index (χ1n) is 13.7. The maximum atomic E-state index is 13.6. The van der Waals surface area contributed by atoms with Crippen LogP contribution in [0.15, 0.2) is 54.6 Å². The Balaban J connectivity index is 1.21. The van der Waals surface area contributed by atoms with Gasteiger partial charge in [-0.05, 0) is 42.4 Å². The van der Waals surface area contributed by atoms with E-state index in [0.717, 1.165) is 71.4 Å². The van der Waals surface area contributed by atoms with Crippen LogP contribution >= 0.6 is 11.3 Å². The maximum absolute atomic E-state index is 13.6. The van der Waals surface area contributed by atoms with Crippen molar-refractivity contribution in [3.63, 3.8) is 0 Å². The topological polar surface area (TPSA) is 95.3 Å². The molecule has 1 aliphatic carbocycles. The average Bonchev–Trinajstić information content (AvgIpc) is 3.30. The van der Waals surface area contributed by atoms with E-state index in [9.17, 15) is 14.9 Å². The fraction of sp³-hybridized carbons (Fsp3) is 0.312. The number of pyridine rings is 1. The lowest BCUT2D eigenvalue weighted by molar-refractivity contribution is -0.119. The van der Waals surface area contributed by atoms with E-state index >= 15 is 0 Å². The molecule has 202 valence electrons. The molecular formula is C32H30N4O3S. The molecule has 4 aromatic rings. The zero-order valence-electron chi connectivity index (χ0n) is 22.4. The van der Waals surface area contributed by atoms with Crippen LogP contribution in [0.1, 0.15) is 56.5 Å². The number of benzene rings is 2. The second kappa shape index (κ2) is 11.2. The number of nitrogens with zero attached hydrogens (tertiary/aromatic N) is 3. The van der Waals surface area contributed by atoms with Gasteiger partial charge in [0.05, 0.1) is 16.6 Å². The molecule has 6 rings (SSSR count). The molecule has 1 atom stereocenters. The van der Waals surface area contributed by atoms with Crippen molar-refractivity contribution in [1.29, 1.82) is 5.26 Å². The third kappa shape index (κ3) is 5.23. The number of nitrogens with one attached hydrogen (secondary N) is 1. The monoisotopic (exact) mass is 550 g/mol. The van der Waals surface area contributed by atoms with Gasteiger partial charge in [-0.25, -0.2) is 4.79 Å². The molecule has 0 saturated heterocycles. The maximum Gasteiger partial charge on any atom is 0.339 e. The van der Waals surface area contributed by atoms with Crippen molar-refractivity contribution in [2.45, 2.75) is 45.7 Å². The van der Waals surface area contributed by atoms with E-state index in [-0.39, 0.29) is 0 Å². The van der Waals surface area contributed by atoms with Crippen LogP contribution in [0.5, 0.6) is 0 Å². The van der Waals surface area contributed by atoms with Crippen LogP contribution in [0.3, 0.4) is 0 Å². The van der Waals surface area contributed by atoms with Crippen molar-refractivity contribution in [1.82, 2.24) is 9.88 Å². The Morgan fingerprint density at radius 1 is 1.12 bits per heavy atom. The second-order valence-electron chi connectivity index (χ2n) is 10.7. The van der Waals surface area contributed by atoms with Gasteiger partial charge in [-0.1, -0.05) is 55.5 Å². The van der Waals surface area contributed by atoms with Crippen LogP contribution in [0.25, 0.3) is 10.9 Å². The van der Waals surface area contributed by atoms with E-state index in [1.807, 2.05) is 42.5 Å². The molecule has 3 heterocycles. The van der Waals surface area contributed by atoms with E-state index in [1.165, 1.54) is 16.9 Å². The molecule has 1 amide bonds. The Labute approximate surface area is 237 Å². The summed E-state index contributed by atoms with van der Waals surface area (Å²) in [5.74, 6) is -0.423. The van der Waals surface area contributed by atoms with Gasteiger partial charge in [-0.3, -0.25) is 14.7 Å². The highest BCUT2D eigenvalue weighted by Gasteiger charge is 2.28. The zero-order chi connectivity index (χ0) is 27.6. The molecule has 0 bridgehead atoms. The van der Waals surface area contributed by atoms with Crippen LogP contribution in [0.2, 0.25) is 0 Å². The number of fused-ring (bicyclic) bond motifs is 3. The number of hydrogen-bond acceptors (Lipinski definition) is 7. The van der Waals surface area contributed by atoms with Gasteiger partial charge >= 0.3 is 5.97 Å². The molecule has 2 aromatic carbocycles. The Morgan fingerprint density at radius 2 is 1.93 bits per heavy atom. The minimum atomic E-state index is -0.536. The molecule has 1 N–H and O–H groups in total. The molecule has 2 aromatic heterocycles. The lowest BCUT2D eigenvalue weighted by Gasteiger charge is -2.30. The number of aromatic nitrogens is 1. The van der Waals surface area contributed by atoms with Crippen molar-refractivity contribution in [3.8, 4) is 6.07 Å². The van der Waals surface area contributed by atoms with Gasteiger partial charge in [0.15, 0.2) is 6.61 Å². The highest BCUT2D eigenvalue weighted by molar-refractivity contribution is 7.16. The molecule has 0 saturated carbocycles. The minimum Gasteiger partial charge on any atom is -0.452 e. The van der Waals surface area contributed by atoms with Crippen molar-refractivity contribution < 1.29 is 14.3 Å². The van der Waals surface area contributed by atoms with Gasteiger partial charge in [-0.15, -0.1) is 11.3 Å². The largest absolute Gasteiger partial charge is 0.452 e. The number of rotatable bonds is 6. The average molecular weight is 551 g/mol. The van der Waals surface area contributed by atoms with E-state index < -0.39 is 18.5 Å². The molecule has 0 fully saturated rings. The highest BCUT2D eigenvalue weighted by Crippen LogP contribution is 2.39. The van der Waals surface area contributed by atoms with Crippen LogP contribution in [-0.4, -0.2) is 34.9 Å². The number of nitriles is 1. The van der Waals surface area contributed by atoms with Gasteiger partial charge in [-0.2, -0.15) is 5.26 Å². The van der Waals surface area contributed by atoms with E-state index in [1.54, 1.807) is 0 Å². The summed E-state index contributed by atoms with van der Waals surface area (Å²) in [7, 11) is 0.